The van der Waals surface area contributed by atoms with Crippen LogP contribution in [0.2, 0.25) is 0 Å². The van der Waals surface area contributed by atoms with Crippen LogP contribution in [-0.2, 0) is 0 Å². The zero-order chi connectivity index (χ0) is 11.5. The number of hydrogen-bond donors (Lipinski definition) is 1. The molecule has 0 radical (unpaired) electrons. The smallest absolute Gasteiger partial charge is 0.335 e. The van der Waals surface area contributed by atoms with Crippen molar-refractivity contribution in [1.82, 2.24) is 15.0 Å². The number of carbonyl (C=O) groups excluding carboxylic acids is 1. The quantitative estimate of drug-likeness (QED) is 0.768. The molecule has 6 nitrogen and oxygen atoms in total. The summed E-state index contributed by atoms with van der Waals surface area (Å²) in [6, 6.07) is 6.20. The molecule has 0 atom stereocenters. The first-order valence-corrected chi connectivity index (χ1v) is 4.42. The maximum absolute atomic E-state index is 10.7. The van der Waals surface area contributed by atoms with Gasteiger partial charge in [-0.15, -0.1) is 5.10 Å². The number of aromatic carboxylic acids is 1. The average Bonchev–Trinajstić information content (AvgIpc) is 2.77. The Bertz CT molecular complexity index is 548. The van der Waals surface area contributed by atoms with E-state index < -0.39 is 5.97 Å². The second-order valence-corrected chi connectivity index (χ2v) is 3.06. The van der Waals surface area contributed by atoms with Gasteiger partial charge in [-0.25, -0.2) is 9.48 Å². The first-order valence-electron chi connectivity index (χ1n) is 4.42. The highest BCUT2D eigenvalue weighted by Gasteiger charge is 2.06. The van der Waals surface area contributed by atoms with Crippen molar-refractivity contribution < 1.29 is 14.7 Å². The third kappa shape index (κ3) is 1.81. The van der Waals surface area contributed by atoms with Crippen LogP contribution in [0.25, 0.3) is 5.69 Å². The minimum Gasteiger partial charge on any atom is -0.478 e. The Labute approximate surface area is 90.1 Å². The summed E-state index contributed by atoms with van der Waals surface area (Å²) in [5, 5.41) is 16.1. The van der Waals surface area contributed by atoms with Crippen molar-refractivity contribution in [2.45, 2.75) is 0 Å². The van der Waals surface area contributed by atoms with Crippen LogP contribution < -0.4 is 0 Å². The Morgan fingerprint density at radius 3 is 2.88 bits per heavy atom. The fraction of sp³-hybridized carbons (Fsp3) is 0. The number of benzene rings is 1. The van der Waals surface area contributed by atoms with Gasteiger partial charge in [0.25, 0.3) is 0 Å². The highest BCUT2D eigenvalue weighted by molar-refractivity contribution is 5.88. The summed E-state index contributed by atoms with van der Waals surface area (Å²) in [7, 11) is 0. The Morgan fingerprint density at radius 2 is 2.25 bits per heavy atom. The maximum atomic E-state index is 10.7. The van der Waals surface area contributed by atoms with Crippen LogP contribution in [0.15, 0.2) is 30.5 Å². The second kappa shape index (κ2) is 3.93. The standard InChI is InChI=1S/C10H7N3O3/c14-6-8-5-13(12-11-8)9-3-1-2-7(4-9)10(15)16/h1-6H,(H,15,16). The molecule has 0 fully saturated rings. The lowest BCUT2D eigenvalue weighted by molar-refractivity contribution is 0.0696. The van der Waals surface area contributed by atoms with E-state index >= 15 is 0 Å². The SMILES string of the molecule is O=Cc1cn(-c2cccc(C(=O)O)c2)nn1. The molecule has 6 heteroatoms. The first-order chi connectivity index (χ1) is 7.70. The largest absolute Gasteiger partial charge is 0.478 e. The van der Waals surface area contributed by atoms with Crippen molar-refractivity contribution in [3.05, 3.63) is 41.7 Å². The zero-order valence-corrected chi connectivity index (χ0v) is 8.07. The lowest BCUT2D eigenvalue weighted by Gasteiger charge is -2.00. The minimum absolute atomic E-state index is 0.153. The molecule has 0 amide bonds. The molecule has 0 aliphatic heterocycles. The van der Waals surface area contributed by atoms with E-state index in [9.17, 15) is 9.59 Å². The van der Waals surface area contributed by atoms with Crippen molar-refractivity contribution in [3.63, 3.8) is 0 Å². The average molecular weight is 217 g/mol. The van der Waals surface area contributed by atoms with Gasteiger partial charge < -0.3 is 5.11 Å². The molecule has 0 aliphatic carbocycles. The molecule has 0 unspecified atom stereocenters. The van der Waals surface area contributed by atoms with Gasteiger partial charge in [0.15, 0.2) is 6.29 Å². The fourth-order valence-electron chi connectivity index (χ4n) is 1.24. The summed E-state index contributed by atoms with van der Waals surface area (Å²) < 4.78 is 1.34. The number of rotatable bonds is 3. The summed E-state index contributed by atoms with van der Waals surface area (Å²) in [5.41, 5.74) is 0.891. The summed E-state index contributed by atoms with van der Waals surface area (Å²) in [5.74, 6) is -1.02. The number of aromatic nitrogens is 3. The van der Waals surface area contributed by atoms with Crippen molar-refractivity contribution in [3.8, 4) is 5.69 Å². The van der Waals surface area contributed by atoms with Crippen LogP contribution >= 0.6 is 0 Å². The summed E-state index contributed by atoms with van der Waals surface area (Å²) >= 11 is 0. The van der Waals surface area contributed by atoms with Crippen molar-refractivity contribution in [2.75, 3.05) is 0 Å². The Balaban J connectivity index is 2.43. The molecule has 2 rings (SSSR count). The Kier molecular flexibility index (Phi) is 2.47. The number of nitrogens with zero attached hydrogens (tertiary/aromatic N) is 3. The lowest BCUT2D eigenvalue weighted by atomic mass is 10.2. The molecular formula is C10H7N3O3. The Hall–Kier alpha value is -2.50. The van der Waals surface area contributed by atoms with Gasteiger partial charge in [0.2, 0.25) is 0 Å². The van der Waals surface area contributed by atoms with Crippen LogP contribution in [0.4, 0.5) is 0 Å². The van der Waals surface area contributed by atoms with Gasteiger partial charge in [0, 0.05) is 0 Å². The number of carboxylic acids is 1. The number of carbonyl (C=O) groups is 2. The number of aldehydes is 1. The van der Waals surface area contributed by atoms with Gasteiger partial charge in [-0.05, 0) is 18.2 Å². The van der Waals surface area contributed by atoms with E-state index in [4.69, 9.17) is 5.11 Å². The molecule has 1 N–H and O–H groups in total. The third-order valence-electron chi connectivity index (χ3n) is 1.99. The highest BCUT2D eigenvalue weighted by atomic mass is 16.4. The molecule has 16 heavy (non-hydrogen) atoms. The fourth-order valence-corrected chi connectivity index (χ4v) is 1.24. The van der Waals surface area contributed by atoms with E-state index in [0.717, 1.165) is 0 Å². The molecule has 0 bridgehead atoms. The van der Waals surface area contributed by atoms with Gasteiger partial charge >= 0.3 is 5.97 Å². The van der Waals surface area contributed by atoms with Gasteiger partial charge in [-0.1, -0.05) is 11.3 Å². The Morgan fingerprint density at radius 1 is 1.44 bits per heavy atom. The molecule has 0 saturated heterocycles. The van der Waals surface area contributed by atoms with Crippen LogP contribution in [0.1, 0.15) is 20.8 Å². The van der Waals surface area contributed by atoms with E-state index in [1.165, 1.54) is 23.0 Å². The molecular weight excluding hydrogens is 210 g/mol. The topological polar surface area (TPSA) is 85.1 Å². The zero-order valence-electron chi connectivity index (χ0n) is 8.07. The maximum Gasteiger partial charge on any atom is 0.335 e. The summed E-state index contributed by atoms with van der Waals surface area (Å²) in [6.07, 6.45) is 2.00. The van der Waals surface area contributed by atoms with E-state index in [1.54, 1.807) is 12.1 Å². The van der Waals surface area contributed by atoms with Gasteiger partial charge in [0.1, 0.15) is 5.69 Å². The normalized spacial score (nSPS) is 10.0. The van der Waals surface area contributed by atoms with Gasteiger partial charge in [-0.3, -0.25) is 4.79 Å². The summed E-state index contributed by atoms with van der Waals surface area (Å²) in [4.78, 5) is 21.2. The third-order valence-corrected chi connectivity index (χ3v) is 1.99. The summed E-state index contributed by atoms with van der Waals surface area (Å²) in [6.45, 7) is 0. The van der Waals surface area contributed by atoms with E-state index in [0.29, 0.717) is 12.0 Å². The van der Waals surface area contributed by atoms with Crippen LogP contribution in [-0.4, -0.2) is 32.4 Å². The first kappa shape index (κ1) is 10.0. The number of hydrogen-bond acceptors (Lipinski definition) is 4. The van der Waals surface area contributed by atoms with E-state index in [-0.39, 0.29) is 11.3 Å². The van der Waals surface area contributed by atoms with Crippen molar-refractivity contribution in [1.29, 1.82) is 0 Å². The monoisotopic (exact) mass is 217 g/mol. The molecule has 80 valence electrons. The van der Waals surface area contributed by atoms with E-state index in [1.807, 2.05) is 0 Å². The van der Waals surface area contributed by atoms with Crippen LogP contribution in [0, 0.1) is 0 Å². The molecule has 1 aromatic carbocycles. The van der Waals surface area contributed by atoms with E-state index in [2.05, 4.69) is 10.3 Å². The number of carboxylic acid groups (broad SMARTS) is 1. The molecule has 0 spiro atoms. The van der Waals surface area contributed by atoms with Crippen LogP contribution in [0.5, 0.6) is 0 Å². The molecule has 1 aromatic heterocycles. The predicted octanol–water partition coefficient (Wildman–Crippen LogP) is 0.778. The lowest BCUT2D eigenvalue weighted by Crippen LogP contribution is -2.00. The van der Waals surface area contributed by atoms with Crippen LogP contribution in [0.3, 0.4) is 0 Å². The van der Waals surface area contributed by atoms with Gasteiger partial charge in [-0.2, -0.15) is 0 Å². The molecule has 0 aliphatic rings. The second-order valence-electron chi connectivity index (χ2n) is 3.06. The van der Waals surface area contributed by atoms with Gasteiger partial charge in [0.05, 0.1) is 17.4 Å². The van der Waals surface area contributed by atoms with Crippen molar-refractivity contribution in [2.24, 2.45) is 0 Å². The molecule has 2 aromatic rings. The molecule has 1 heterocycles. The predicted molar refractivity (Wildman–Crippen MR) is 53.7 cm³/mol. The molecule has 0 saturated carbocycles. The highest BCUT2D eigenvalue weighted by Crippen LogP contribution is 2.09. The minimum atomic E-state index is -1.02. The van der Waals surface area contributed by atoms with Crippen molar-refractivity contribution >= 4 is 12.3 Å².